The van der Waals surface area contributed by atoms with Crippen molar-refractivity contribution >= 4 is 5.69 Å². The van der Waals surface area contributed by atoms with E-state index in [1.807, 2.05) is 0 Å². The molecule has 0 aliphatic heterocycles. The number of nitro groups is 1. The summed E-state index contributed by atoms with van der Waals surface area (Å²) in [6.45, 7) is 0. The minimum atomic E-state index is -2.68. The number of methoxy groups -OCH3 is 1. The van der Waals surface area contributed by atoms with Gasteiger partial charge in [-0.3, -0.25) is 10.1 Å². The number of hydrogen-bond acceptors (Lipinski definition) is 5. The summed E-state index contributed by atoms with van der Waals surface area (Å²) in [5.41, 5.74) is 4.95. The van der Waals surface area contributed by atoms with Crippen LogP contribution in [0.15, 0.2) is 12.1 Å². The predicted octanol–water partition coefficient (Wildman–Crippen LogP) is 1.96. The number of nitrogens with zero attached hydrogens (tertiary/aromatic N) is 1. The van der Waals surface area contributed by atoms with Crippen LogP contribution in [0.4, 0.5) is 14.5 Å². The second-order valence-corrected chi connectivity index (χ2v) is 3.58. The van der Waals surface area contributed by atoms with Crippen LogP contribution in [-0.4, -0.2) is 23.6 Å². The van der Waals surface area contributed by atoms with Crippen molar-refractivity contribution in [2.45, 2.75) is 18.9 Å². The fraction of sp³-hybridized carbons (Fsp3) is 0.400. The van der Waals surface area contributed by atoms with Gasteiger partial charge in [-0.1, -0.05) is 0 Å². The van der Waals surface area contributed by atoms with Gasteiger partial charge in [-0.05, 0) is 0 Å². The van der Waals surface area contributed by atoms with Crippen LogP contribution in [0.25, 0.3) is 0 Å². The van der Waals surface area contributed by atoms with Crippen molar-refractivity contribution in [3.05, 3.63) is 27.8 Å². The van der Waals surface area contributed by atoms with Gasteiger partial charge in [-0.25, -0.2) is 8.78 Å². The second-order valence-electron chi connectivity index (χ2n) is 3.58. The molecule has 1 rings (SSSR count). The van der Waals surface area contributed by atoms with Crippen LogP contribution in [-0.2, 0) is 0 Å². The molecule has 1 aromatic carbocycles. The minimum Gasteiger partial charge on any atom is -0.504 e. The third-order valence-electron chi connectivity index (χ3n) is 2.35. The van der Waals surface area contributed by atoms with Crippen LogP contribution in [0.2, 0.25) is 0 Å². The molecule has 1 aromatic rings. The number of alkyl halides is 2. The monoisotopic (exact) mass is 262 g/mol. The molecule has 0 saturated heterocycles. The van der Waals surface area contributed by atoms with E-state index in [0.29, 0.717) is 0 Å². The Morgan fingerprint density at radius 1 is 1.56 bits per heavy atom. The molecule has 0 aliphatic rings. The molecule has 6 nitrogen and oxygen atoms in total. The van der Waals surface area contributed by atoms with Crippen molar-refractivity contribution < 1.29 is 23.5 Å². The number of rotatable bonds is 5. The van der Waals surface area contributed by atoms with Crippen LogP contribution >= 0.6 is 0 Å². The summed E-state index contributed by atoms with van der Waals surface area (Å²) in [7, 11) is 1.20. The Morgan fingerprint density at radius 2 is 2.17 bits per heavy atom. The standard InChI is InChI=1S/C10H12F2N2O4/c1-18-8-3-5(14(16)17)2-6(10(8)15)7(13)4-9(11)12/h2-3,7,9,15H,4,13H2,1H3/t7-/m1/s1. The smallest absolute Gasteiger partial charge is 0.273 e. The number of hydrogen-bond donors (Lipinski definition) is 2. The number of benzene rings is 1. The van der Waals surface area contributed by atoms with E-state index in [4.69, 9.17) is 10.5 Å². The molecule has 3 N–H and O–H groups in total. The Balaban J connectivity index is 3.24. The van der Waals surface area contributed by atoms with Crippen molar-refractivity contribution in [3.63, 3.8) is 0 Å². The van der Waals surface area contributed by atoms with E-state index in [0.717, 1.165) is 12.1 Å². The highest BCUT2D eigenvalue weighted by atomic mass is 19.3. The first-order valence-corrected chi connectivity index (χ1v) is 4.95. The van der Waals surface area contributed by atoms with Gasteiger partial charge in [0.1, 0.15) is 0 Å². The van der Waals surface area contributed by atoms with Gasteiger partial charge in [0.05, 0.1) is 18.1 Å². The largest absolute Gasteiger partial charge is 0.504 e. The molecule has 0 bridgehead atoms. The Bertz CT molecular complexity index is 454. The van der Waals surface area contributed by atoms with Gasteiger partial charge in [0.15, 0.2) is 11.5 Å². The topological polar surface area (TPSA) is 98.6 Å². The number of halogens is 2. The van der Waals surface area contributed by atoms with E-state index in [1.165, 1.54) is 7.11 Å². The van der Waals surface area contributed by atoms with Gasteiger partial charge in [-0.15, -0.1) is 0 Å². The number of non-ortho nitro benzene ring substituents is 1. The zero-order chi connectivity index (χ0) is 13.9. The van der Waals surface area contributed by atoms with E-state index in [9.17, 15) is 24.0 Å². The van der Waals surface area contributed by atoms with Crippen molar-refractivity contribution in [2.24, 2.45) is 5.73 Å². The SMILES string of the molecule is COc1cc([N+](=O)[O-])cc([C@H](N)CC(F)F)c1O. The van der Waals surface area contributed by atoms with Gasteiger partial charge in [0, 0.05) is 24.1 Å². The summed E-state index contributed by atoms with van der Waals surface area (Å²) < 4.78 is 29.2. The fourth-order valence-electron chi connectivity index (χ4n) is 1.48. The summed E-state index contributed by atoms with van der Waals surface area (Å²) in [4.78, 5) is 9.94. The highest BCUT2D eigenvalue weighted by Crippen LogP contribution is 2.38. The first kappa shape index (κ1) is 14.1. The van der Waals surface area contributed by atoms with E-state index in [2.05, 4.69) is 0 Å². The molecule has 0 fully saturated rings. The number of nitrogens with two attached hydrogens (primary N) is 1. The average Bonchev–Trinajstić information content (AvgIpc) is 2.27. The van der Waals surface area contributed by atoms with Crippen LogP contribution in [0, 0.1) is 10.1 Å². The molecule has 8 heteroatoms. The molecule has 0 heterocycles. The fourth-order valence-corrected chi connectivity index (χ4v) is 1.48. The Morgan fingerprint density at radius 3 is 2.61 bits per heavy atom. The molecule has 18 heavy (non-hydrogen) atoms. The highest BCUT2D eigenvalue weighted by molar-refractivity contribution is 5.54. The lowest BCUT2D eigenvalue weighted by atomic mass is 10.0. The van der Waals surface area contributed by atoms with E-state index < -0.39 is 29.6 Å². The number of nitro benzene ring substituents is 1. The number of ether oxygens (including phenoxy) is 1. The molecule has 0 spiro atoms. The first-order valence-electron chi connectivity index (χ1n) is 4.95. The second kappa shape index (κ2) is 5.58. The Hall–Kier alpha value is -1.96. The quantitative estimate of drug-likeness (QED) is 0.624. The molecule has 0 saturated carbocycles. The number of phenols is 1. The molecular formula is C10H12F2N2O4. The van der Waals surface area contributed by atoms with E-state index >= 15 is 0 Å². The lowest BCUT2D eigenvalue weighted by molar-refractivity contribution is -0.385. The minimum absolute atomic E-state index is 0.138. The lowest BCUT2D eigenvalue weighted by Gasteiger charge is -2.15. The summed E-state index contributed by atoms with van der Waals surface area (Å²) in [5, 5.41) is 20.4. The number of aromatic hydroxyl groups is 1. The molecule has 1 atom stereocenters. The van der Waals surface area contributed by atoms with Crippen molar-refractivity contribution in [1.29, 1.82) is 0 Å². The average molecular weight is 262 g/mol. The maximum absolute atomic E-state index is 12.2. The predicted molar refractivity (Wildman–Crippen MR) is 58.9 cm³/mol. The third-order valence-corrected chi connectivity index (χ3v) is 2.35. The Labute approximate surface area is 101 Å². The zero-order valence-electron chi connectivity index (χ0n) is 9.47. The van der Waals surface area contributed by atoms with Gasteiger partial charge in [0.2, 0.25) is 6.43 Å². The molecule has 0 radical (unpaired) electrons. The number of phenolic OH excluding ortho intramolecular Hbond substituents is 1. The normalized spacial score (nSPS) is 12.5. The summed E-state index contributed by atoms with van der Waals surface area (Å²) in [6.07, 6.45) is -3.39. The molecule has 0 aliphatic carbocycles. The third kappa shape index (κ3) is 3.04. The summed E-state index contributed by atoms with van der Waals surface area (Å²) >= 11 is 0. The van der Waals surface area contributed by atoms with Gasteiger partial charge >= 0.3 is 0 Å². The van der Waals surface area contributed by atoms with E-state index in [-0.39, 0.29) is 17.0 Å². The summed E-state index contributed by atoms with van der Waals surface area (Å²) in [6, 6.07) is 0.748. The maximum atomic E-state index is 12.2. The van der Waals surface area contributed by atoms with Crippen LogP contribution in [0.1, 0.15) is 18.0 Å². The first-order chi connectivity index (χ1) is 8.36. The van der Waals surface area contributed by atoms with Crippen LogP contribution < -0.4 is 10.5 Å². The van der Waals surface area contributed by atoms with Crippen molar-refractivity contribution in [2.75, 3.05) is 7.11 Å². The molecule has 0 amide bonds. The van der Waals surface area contributed by atoms with Gasteiger partial charge < -0.3 is 15.6 Å². The molecular weight excluding hydrogens is 250 g/mol. The van der Waals surface area contributed by atoms with Gasteiger partial charge in [-0.2, -0.15) is 0 Å². The van der Waals surface area contributed by atoms with Gasteiger partial charge in [0.25, 0.3) is 5.69 Å². The molecule has 0 aromatic heterocycles. The maximum Gasteiger partial charge on any atom is 0.273 e. The van der Waals surface area contributed by atoms with Crippen molar-refractivity contribution in [3.8, 4) is 11.5 Å². The lowest BCUT2D eigenvalue weighted by Crippen LogP contribution is -2.14. The summed E-state index contributed by atoms with van der Waals surface area (Å²) in [5.74, 6) is -0.639. The van der Waals surface area contributed by atoms with Crippen LogP contribution in [0.3, 0.4) is 0 Å². The molecule has 0 unspecified atom stereocenters. The van der Waals surface area contributed by atoms with E-state index in [1.54, 1.807) is 0 Å². The Kier molecular flexibility index (Phi) is 4.38. The van der Waals surface area contributed by atoms with Crippen molar-refractivity contribution in [1.82, 2.24) is 0 Å². The van der Waals surface area contributed by atoms with Crippen LogP contribution in [0.5, 0.6) is 11.5 Å². The molecule has 100 valence electrons. The zero-order valence-corrected chi connectivity index (χ0v) is 9.47. The highest BCUT2D eigenvalue weighted by Gasteiger charge is 2.23.